The van der Waals surface area contributed by atoms with Crippen LogP contribution in [0.2, 0.25) is 0 Å². The third-order valence-electron chi connectivity index (χ3n) is 6.07. The summed E-state index contributed by atoms with van der Waals surface area (Å²) in [6.07, 6.45) is 0. The van der Waals surface area contributed by atoms with Gasteiger partial charge in [0.15, 0.2) is 0 Å². The molecular weight excluding hydrogens is 378 g/mol. The van der Waals surface area contributed by atoms with Crippen molar-refractivity contribution >= 4 is 5.91 Å². The highest BCUT2D eigenvalue weighted by Gasteiger charge is 2.53. The minimum Gasteiger partial charge on any atom is -0.396 e. The number of amides is 1. The van der Waals surface area contributed by atoms with Gasteiger partial charge in [-0.1, -0.05) is 5.16 Å². The first-order valence-corrected chi connectivity index (χ1v) is 9.68. The van der Waals surface area contributed by atoms with E-state index in [9.17, 15) is 19.5 Å². The van der Waals surface area contributed by atoms with E-state index in [0.717, 1.165) is 0 Å². The van der Waals surface area contributed by atoms with Gasteiger partial charge < -0.3 is 24.4 Å². The summed E-state index contributed by atoms with van der Waals surface area (Å²) in [6.45, 7) is 6.48. The zero-order valence-electron chi connectivity index (χ0n) is 16.6. The maximum absolute atomic E-state index is 12.7. The Bertz CT molecular complexity index is 1010. The lowest BCUT2D eigenvalue weighted by molar-refractivity contribution is 0.0681. The van der Waals surface area contributed by atoms with Crippen molar-refractivity contribution in [3.8, 4) is 0 Å². The highest BCUT2D eigenvalue weighted by Crippen LogP contribution is 2.42. The molecule has 0 radical (unpaired) electrons. The average molecular weight is 403 g/mol. The van der Waals surface area contributed by atoms with Crippen molar-refractivity contribution in [2.75, 3.05) is 39.3 Å². The van der Waals surface area contributed by atoms with E-state index in [2.05, 4.69) is 15.0 Å². The van der Waals surface area contributed by atoms with Crippen LogP contribution in [0, 0.1) is 25.2 Å². The number of nitrogens with zero attached hydrogens (tertiary/aromatic N) is 4. The van der Waals surface area contributed by atoms with Gasteiger partial charge in [-0.2, -0.15) is 0 Å². The van der Waals surface area contributed by atoms with Gasteiger partial charge in [0, 0.05) is 62.5 Å². The number of aromatic amines is 1. The zero-order valence-corrected chi connectivity index (χ0v) is 16.6. The molecule has 2 aromatic rings. The molecule has 2 aromatic heterocycles. The van der Waals surface area contributed by atoms with E-state index in [-0.39, 0.29) is 36.3 Å². The van der Waals surface area contributed by atoms with Crippen LogP contribution in [0.25, 0.3) is 0 Å². The highest BCUT2D eigenvalue weighted by atomic mass is 16.5. The summed E-state index contributed by atoms with van der Waals surface area (Å²) < 4.78 is 6.28. The lowest BCUT2D eigenvalue weighted by Crippen LogP contribution is -2.41. The minimum atomic E-state index is -0.412. The standard InChI is InChI=1S/C19H25N5O5/c1-12-6-16(26)24(18(28)20-12)4-3-22-7-14-8-23(10-19(14,9-22)11-25)17(27)15-5-13(2)21-29-15/h5-6,14,25H,3-4,7-11H2,1-2H3,(H,20,28)/t14-,19+/m0/s1. The van der Waals surface area contributed by atoms with E-state index in [1.54, 1.807) is 24.8 Å². The predicted octanol–water partition coefficient (Wildman–Crippen LogP) is -0.792. The fraction of sp³-hybridized carbons (Fsp3) is 0.579. The van der Waals surface area contributed by atoms with Gasteiger partial charge >= 0.3 is 5.69 Å². The van der Waals surface area contributed by atoms with E-state index in [4.69, 9.17) is 4.52 Å². The number of nitrogens with one attached hydrogen (secondary N) is 1. The summed E-state index contributed by atoms with van der Waals surface area (Å²) in [5, 5.41) is 13.9. The fourth-order valence-electron chi connectivity index (χ4n) is 4.55. The SMILES string of the molecule is Cc1cc(C(=O)N2C[C@@H]3CN(CCn4c(=O)cc(C)[nH]c4=O)C[C@]3(CO)C2)on1. The lowest BCUT2D eigenvalue weighted by Gasteiger charge is -2.27. The van der Waals surface area contributed by atoms with Crippen molar-refractivity contribution < 1.29 is 14.4 Å². The predicted molar refractivity (Wildman–Crippen MR) is 103 cm³/mol. The van der Waals surface area contributed by atoms with Crippen molar-refractivity contribution in [2.24, 2.45) is 11.3 Å². The van der Waals surface area contributed by atoms with Crippen molar-refractivity contribution in [3.63, 3.8) is 0 Å². The van der Waals surface area contributed by atoms with Crippen LogP contribution in [0.1, 0.15) is 21.9 Å². The van der Waals surface area contributed by atoms with Gasteiger partial charge in [0.25, 0.3) is 11.5 Å². The third kappa shape index (κ3) is 3.53. The second-order valence-electron chi connectivity index (χ2n) is 8.22. The highest BCUT2D eigenvalue weighted by molar-refractivity contribution is 5.91. The molecule has 10 heteroatoms. The van der Waals surface area contributed by atoms with Crippen LogP contribution in [0.5, 0.6) is 0 Å². The smallest absolute Gasteiger partial charge is 0.328 e. The van der Waals surface area contributed by atoms with Gasteiger partial charge in [-0.3, -0.25) is 14.2 Å². The molecule has 4 heterocycles. The summed E-state index contributed by atoms with van der Waals surface area (Å²) in [6, 6.07) is 3.02. The molecule has 10 nitrogen and oxygen atoms in total. The van der Waals surface area contributed by atoms with E-state index < -0.39 is 11.1 Å². The summed E-state index contributed by atoms with van der Waals surface area (Å²) in [5.74, 6) is 0.121. The van der Waals surface area contributed by atoms with E-state index in [0.29, 0.717) is 44.1 Å². The number of aliphatic hydroxyl groups excluding tert-OH is 1. The second-order valence-corrected chi connectivity index (χ2v) is 8.22. The monoisotopic (exact) mass is 403 g/mol. The van der Waals surface area contributed by atoms with Gasteiger partial charge in [0.2, 0.25) is 5.76 Å². The molecule has 4 rings (SSSR count). The van der Waals surface area contributed by atoms with Crippen molar-refractivity contribution in [3.05, 3.63) is 50.1 Å². The average Bonchev–Trinajstić information content (AvgIpc) is 3.32. The molecule has 29 heavy (non-hydrogen) atoms. The van der Waals surface area contributed by atoms with E-state index in [1.165, 1.54) is 10.6 Å². The molecular formula is C19H25N5O5. The van der Waals surface area contributed by atoms with Crippen molar-refractivity contribution in [1.82, 2.24) is 24.5 Å². The Morgan fingerprint density at radius 3 is 2.69 bits per heavy atom. The number of aromatic nitrogens is 3. The molecule has 2 N–H and O–H groups in total. The Morgan fingerprint density at radius 2 is 2.07 bits per heavy atom. The van der Waals surface area contributed by atoms with Crippen LogP contribution in [0.15, 0.2) is 26.2 Å². The maximum atomic E-state index is 12.7. The Labute approximate surface area is 166 Å². The van der Waals surface area contributed by atoms with Gasteiger partial charge in [-0.05, 0) is 19.8 Å². The number of H-pyrrole nitrogens is 1. The number of fused-ring (bicyclic) bond motifs is 1. The summed E-state index contributed by atoms with van der Waals surface area (Å²) >= 11 is 0. The van der Waals surface area contributed by atoms with Gasteiger partial charge in [-0.15, -0.1) is 0 Å². The number of carbonyl (C=O) groups excluding carboxylic acids is 1. The second kappa shape index (κ2) is 7.27. The molecule has 0 saturated carbocycles. The number of likely N-dealkylation sites (tertiary alicyclic amines) is 2. The first kappa shape index (κ1) is 19.6. The van der Waals surface area contributed by atoms with Crippen molar-refractivity contribution in [1.29, 1.82) is 0 Å². The Balaban J connectivity index is 1.42. The molecule has 2 saturated heterocycles. The molecule has 2 fully saturated rings. The topological polar surface area (TPSA) is 125 Å². The minimum absolute atomic E-state index is 0.0293. The molecule has 0 spiro atoms. The van der Waals surface area contributed by atoms with Gasteiger partial charge in [-0.25, -0.2) is 4.79 Å². The van der Waals surface area contributed by atoms with Gasteiger partial charge in [0.1, 0.15) is 0 Å². The van der Waals surface area contributed by atoms with Crippen LogP contribution in [-0.2, 0) is 6.54 Å². The van der Waals surface area contributed by atoms with Crippen molar-refractivity contribution in [2.45, 2.75) is 20.4 Å². The van der Waals surface area contributed by atoms with Crippen LogP contribution in [0.3, 0.4) is 0 Å². The molecule has 1 amide bonds. The molecule has 2 atom stereocenters. The molecule has 156 valence electrons. The molecule has 0 unspecified atom stereocenters. The van der Waals surface area contributed by atoms with E-state index >= 15 is 0 Å². The van der Waals surface area contributed by atoms with Crippen LogP contribution < -0.4 is 11.2 Å². The van der Waals surface area contributed by atoms with Crippen LogP contribution in [-0.4, -0.2) is 74.9 Å². The Hall–Kier alpha value is -2.72. The molecule has 2 aliphatic heterocycles. The van der Waals surface area contributed by atoms with E-state index in [1.807, 2.05) is 0 Å². The first-order valence-electron chi connectivity index (χ1n) is 9.68. The normalized spacial score (nSPS) is 24.2. The number of carbonyl (C=O) groups is 1. The largest absolute Gasteiger partial charge is 0.396 e. The molecule has 0 aromatic carbocycles. The zero-order chi connectivity index (χ0) is 20.8. The van der Waals surface area contributed by atoms with Gasteiger partial charge in [0.05, 0.1) is 12.3 Å². The summed E-state index contributed by atoms with van der Waals surface area (Å²) in [5.41, 5.74) is 0.0529. The molecule has 2 aliphatic rings. The fourth-order valence-corrected chi connectivity index (χ4v) is 4.55. The number of hydrogen-bond donors (Lipinski definition) is 2. The van der Waals surface area contributed by atoms with Crippen LogP contribution in [0.4, 0.5) is 0 Å². The number of aliphatic hydroxyl groups is 1. The Kier molecular flexibility index (Phi) is 4.91. The number of rotatable bonds is 5. The first-order chi connectivity index (χ1) is 13.8. The molecule has 0 aliphatic carbocycles. The Morgan fingerprint density at radius 1 is 1.28 bits per heavy atom. The number of hydrogen-bond acceptors (Lipinski definition) is 7. The third-order valence-corrected chi connectivity index (χ3v) is 6.07. The van der Waals surface area contributed by atoms with Crippen LogP contribution >= 0.6 is 0 Å². The number of aryl methyl sites for hydroxylation is 2. The summed E-state index contributed by atoms with van der Waals surface area (Å²) in [4.78, 5) is 43.3. The quantitative estimate of drug-likeness (QED) is 0.670. The lowest BCUT2D eigenvalue weighted by atomic mass is 9.82. The maximum Gasteiger partial charge on any atom is 0.328 e. The summed E-state index contributed by atoms with van der Waals surface area (Å²) in [7, 11) is 0. The molecule has 0 bridgehead atoms.